The molecule has 1 aliphatic rings. The highest BCUT2D eigenvalue weighted by molar-refractivity contribution is 5.99. The number of methoxy groups -OCH3 is 1. The minimum Gasteiger partial charge on any atom is -0.495 e. The van der Waals surface area contributed by atoms with Gasteiger partial charge < -0.3 is 4.74 Å². The van der Waals surface area contributed by atoms with Gasteiger partial charge in [-0.25, -0.2) is 0 Å². The first kappa shape index (κ1) is 13.1. The number of benzene rings is 1. The van der Waals surface area contributed by atoms with Crippen molar-refractivity contribution in [3.8, 4) is 11.8 Å². The Bertz CT molecular complexity index is 547. The van der Waals surface area contributed by atoms with E-state index in [2.05, 4.69) is 11.4 Å². The molecule has 0 radical (unpaired) electrons. The summed E-state index contributed by atoms with van der Waals surface area (Å²) < 4.78 is 5.06. The molecule has 1 aromatic carbocycles. The molecular formula is C13H13N3O3. The van der Waals surface area contributed by atoms with Crippen LogP contribution in [0.4, 0.5) is 0 Å². The van der Waals surface area contributed by atoms with E-state index in [-0.39, 0.29) is 24.9 Å². The molecule has 0 unspecified atom stereocenters. The molecule has 98 valence electrons. The van der Waals surface area contributed by atoms with Crippen molar-refractivity contribution >= 4 is 11.8 Å². The average Bonchev–Trinajstić information content (AvgIpc) is 2.37. The maximum absolute atomic E-state index is 11.3. The van der Waals surface area contributed by atoms with Gasteiger partial charge in [-0.2, -0.15) is 5.26 Å². The Balaban J connectivity index is 2.13. The van der Waals surface area contributed by atoms with E-state index >= 15 is 0 Å². The molecule has 1 aromatic rings. The number of rotatable bonds is 3. The van der Waals surface area contributed by atoms with Crippen LogP contribution in [0.2, 0.25) is 0 Å². The number of hydrogen-bond donors (Lipinski definition) is 1. The molecule has 1 saturated heterocycles. The van der Waals surface area contributed by atoms with Gasteiger partial charge in [-0.15, -0.1) is 0 Å². The molecule has 19 heavy (non-hydrogen) atoms. The lowest BCUT2D eigenvalue weighted by Crippen LogP contribution is -2.50. The number of nitriles is 1. The van der Waals surface area contributed by atoms with E-state index in [1.165, 1.54) is 7.11 Å². The number of imide groups is 1. The Morgan fingerprint density at radius 2 is 2.05 bits per heavy atom. The fraction of sp³-hybridized carbons (Fsp3) is 0.308. The second-order valence-corrected chi connectivity index (χ2v) is 4.26. The molecule has 0 saturated carbocycles. The number of nitrogens with one attached hydrogen (secondary N) is 1. The van der Waals surface area contributed by atoms with Crippen molar-refractivity contribution in [1.82, 2.24) is 10.2 Å². The first-order chi connectivity index (χ1) is 9.12. The number of carbonyl (C=O) groups is 2. The fourth-order valence-corrected chi connectivity index (χ4v) is 2.01. The minimum atomic E-state index is -0.301. The minimum absolute atomic E-state index is 0.180. The van der Waals surface area contributed by atoms with E-state index in [1.54, 1.807) is 17.0 Å². The van der Waals surface area contributed by atoms with Gasteiger partial charge in [-0.1, -0.05) is 6.07 Å². The summed E-state index contributed by atoms with van der Waals surface area (Å²) in [6, 6.07) is 7.28. The quantitative estimate of drug-likeness (QED) is 0.774. The number of ether oxygens (including phenoxy) is 1. The van der Waals surface area contributed by atoms with Crippen LogP contribution < -0.4 is 10.1 Å². The van der Waals surface area contributed by atoms with Crippen LogP contribution in [-0.4, -0.2) is 36.9 Å². The Kier molecular flexibility index (Phi) is 3.78. The molecule has 0 aromatic heterocycles. The van der Waals surface area contributed by atoms with Crippen LogP contribution in [0.25, 0.3) is 0 Å². The van der Waals surface area contributed by atoms with E-state index in [9.17, 15) is 9.59 Å². The number of piperazine rings is 1. The standard InChI is InChI=1S/C13H13N3O3/c1-19-11-3-2-9(4-10(11)5-14)6-16-7-12(17)15-13(18)8-16/h2-4H,6-8H2,1H3,(H,15,17,18). The molecule has 0 aliphatic carbocycles. The predicted molar refractivity (Wildman–Crippen MR) is 66.1 cm³/mol. The Hall–Kier alpha value is -2.39. The van der Waals surface area contributed by atoms with Gasteiger partial charge in [0.25, 0.3) is 0 Å². The monoisotopic (exact) mass is 259 g/mol. The molecule has 1 aliphatic heterocycles. The highest BCUT2D eigenvalue weighted by Gasteiger charge is 2.22. The summed E-state index contributed by atoms with van der Waals surface area (Å²) >= 11 is 0. The van der Waals surface area contributed by atoms with Gasteiger partial charge in [-0.05, 0) is 17.7 Å². The lowest BCUT2D eigenvalue weighted by Gasteiger charge is -2.25. The first-order valence-corrected chi connectivity index (χ1v) is 5.74. The van der Waals surface area contributed by atoms with Crippen LogP contribution >= 0.6 is 0 Å². The van der Waals surface area contributed by atoms with Crippen molar-refractivity contribution in [3.05, 3.63) is 29.3 Å². The van der Waals surface area contributed by atoms with Crippen LogP contribution in [0.5, 0.6) is 5.75 Å². The maximum atomic E-state index is 11.3. The Morgan fingerprint density at radius 1 is 1.37 bits per heavy atom. The summed E-state index contributed by atoms with van der Waals surface area (Å²) in [4.78, 5) is 24.2. The summed E-state index contributed by atoms with van der Waals surface area (Å²) in [5.74, 6) is -0.0887. The largest absolute Gasteiger partial charge is 0.495 e. The van der Waals surface area contributed by atoms with Gasteiger partial charge in [0.05, 0.1) is 25.8 Å². The second kappa shape index (κ2) is 5.50. The second-order valence-electron chi connectivity index (χ2n) is 4.26. The molecule has 6 nitrogen and oxygen atoms in total. The summed E-state index contributed by atoms with van der Waals surface area (Å²) in [7, 11) is 1.50. The number of nitrogens with zero attached hydrogens (tertiary/aromatic N) is 2. The first-order valence-electron chi connectivity index (χ1n) is 5.74. The zero-order valence-corrected chi connectivity index (χ0v) is 10.5. The molecule has 1 N–H and O–H groups in total. The van der Waals surface area contributed by atoms with E-state index in [4.69, 9.17) is 10.00 Å². The highest BCUT2D eigenvalue weighted by atomic mass is 16.5. The zero-order valence-electron chi connectivity index (χ0n) is 10.5. The zero-order chi connectivity index (χ0) is 13.8. The molecular weight excluding hydrogens is 246 g/mol. The van der Waals surface area contributed by atoms with Crippen molar-refractivity contribution in [1.29, 1.82) is 5.26 Å². The molecule has 0 spiro atoms. The molecule has 1 heterocycles. The third-order valence-electron chi connectivity index (χ3n) is 2.80. The molecule has 0 atom stereocenters. The van der Waals surface area contributed by atoms with E-state index in [0.717, 1.165) is 5.56 Å². The smallest absolute Gasteiger partial charge is 0.240 e. The van der Waals surface area contributed by atoms with E-state index in [1.807, 2.05) is 6.07 Å². The van der Waals surface area contributed by atoms with Crippen molar-refractivity contribution in [2.75, 3.05) is 20.2 Å². The normalized spacial score (nSPS) is 15.8. The fourth-order valence-electron chi connectivity index (χ4n) is 2.01. The summed E-state index contributed by atoms with van der Waals surface area (Å²) in [6.45, 7) is 0.803. The maximum Gasteiger partial charge on any atom is 0.240 e. The van der Waals surface area contributed by atoms with Crippen LogP contribution in [0, 0.1) is 11.3 Å². The van der Waals surface area contributed by atoms with Gasteiger partial charge >= 0.3 is 0 Å². The third-order valence-corrected chi connectivity index (χ3v) is 2.80. The molecule has 2 amide bonds. The van der Waals surface area contributed by atoms with Gasteiger partial charge in [0.1, 0.15) is 11.8 Å². The van der Waals surface area contributed by atoms with Crippen LogP contribution in [0.1, 0.15) is 11.1 Å². The highest BCUT2D eigenvalue weighted by Crippen LogP contribution is 2.19. The Morgan fingerprint density at radius 3 is 2.63 bits per heavy atom. The van der Waals surface area contributed by atoms with Gasteiger partial charge in [0.15, 0.2) is 0 Å². The van der Waals surface area contributed by atoms with Crippen molar-refractivity contribution in [2.24, 2.45) is 0 Å². The Labute approximate surface area is 110 Å². The lowest BCUT2D eigenvalue weighted by molar-refractivity contribution is -0.136. The van der Waals surface area contributed by atoms with Gasteiger partial charge in [-0.3, -0.25) is 19.8 Å². The SMILES string of the molecule is COc1ccc(CN2CC(=O)NC(=O)C2)cc1C#N. The average molecular weight is 259 g/mol. The summed E-state index contributed by atoms with van der Waals surface area (Å²) in [5, 5.41) is 11.2. The number of amides is 2. The van der Waals surface area contributed by atoms with E-state index in [0.29, 0.717) is 17.9 Å². The van der Waals surface area contributed by atoms with Gasteiger partial charge in [0.2, 0.25) is 11.8 Å². The molecule has 0 bridgehead atoms. The van der Waals surface area contributed by atoms with Gasteiger partial charge in [0, 0.05) is 6.54 Å². The third kappa shape index (κ3) is 3.09. The van der Waals surface area contributed by atoms with Crippen molar-refractivity contribution in [2.45, 2.75) is 6.54 Å². The summed E-state index contributed by atoms with van der Waals surface area (Å²) in [6.07, 6.45) is 0. The molecule has 6 heteroatoms. The summed E-state index contributed by atoms with van der Waals surface area (Å²) in [5.41, 5.74) is 1.30. The van der Waals surface area contributed by atoms with Crippen LogP contribution in [0.15, 0.2) is 18.2 Å². The topological polar surface area (TPSA) is 82.4 Å². The predicted octanol–water partition coefficient (Wildman–Crippen LogP) is 0.0253. The molecule has 1 fully saturated rings. The number of hydrogen-bond acceptors (Lipinski definition) is 5. The van der Waals surface area contributed by atoms with Crippen molar-refractivity contribution in [3.63, 3.8) is 0 Å². The van der Waals surface area contributed by atoms with Crippen molar-refractivity contribution < 1.29 is 14.3 Å². The van der Waals surface area contributed by atoms with Crippen LogP contribution in [0.3, 0.4) is 0 Å². The molecule has 2 rings (SSSR count). The van der Waals surface area contributed by atoms with E-state index < -0.39 is 0 Å². The van der Waals surface area contributed by atoms with Crippen LogP contribution in [-0.2, 0) is 16.1 Å². The lowest BCUT2D eigenvalue weighted by atomic mass is 10.1. The number of carbonyl (C=O) groups excluding carboxylic acids is 2.